The second kappa shape index (κ2) is 60.7. The lowest BCUT2D eigenvalue weighted by Crippen LogP contribution is -2.30. The van der Waals surface area contributed by atoms with Crippen molar-refractivity contribution >= 4 is 17.9 Å². The number of hydrogen-bond acceptors (Lipinski definition) is 6. The first-order chi connectivity index (χ1) is 35.5. The quantitative estimate of drug-likeness (QED) is 0.0261. The number of hydrogen-bond donors (Lipinski definition) is 0. The minimum absolute atomic E-state index is 0.0877. The van der Waals surface area contributed by atoms with Crippen LogP contribution < -0.4 is 0 Å². The number of esters is 3. The summed E-state index contributed by atoms with van der Waals surface area (Å²) in [5.41, 5.74) is 0. The third kappa shape index (κ3) is 58.0. The molecule has 0 aliphatic carbocycles. The van der Waals surface area contributed by atoms with E-state index in [1.807, 2.05) is 0 Å². The van der Waals surface area contributed by atoms with Crippen LogP contribution in [0, 0.1) is 0 Å². The molecule has 0 aliphatic heterocycles. The van der Waals surface area contributed by atoms with Crippen LogP contribution in [-0.2, 0) is 28.6 Å². The molecular weight excluding hydrogens is 889 g/mol. The third-order valence-electron chi connectivity index (χ3n) is 13.8. The molecular formula is C66H118O6. The van der Waals surface area contributed by atoms with Crippen LogP contribution in [0.2, 0.25) is 0 Å². The Bertz CT molecular complexity index is 1290. The molecule has 6 heteroatoms. The lowest BCUT2D eigenvalue weighted by Gasteiger charge is -2.18. The summed E-state index contributed by atoms with van der Waals surface area (Å²) in [4.78, 5) is 38.0. The van der Waals surface area contributed by atoms with Crippen LogP contribution >= 0.6 is 0 Å². The average molecular weight is 1010 g/mol. The van der Waals surface area contributed by atoms with Crippen molar-refractivity contribution in [3.8, 4) is 0 Å². The first-order valence-electron chi connectivity index (χ1n) is 31.3. The van der Waals surface area contributed by atoms with Gasteiger partial charge in [0.05, 0.1) is 0 Å². The molecule has 0 N–H and O–H groups in total. The van der Waals surface area contributed by atoms with Crippen molar-refractivity contribution in [1.29, 1.82) is 0 Å². The van der Waals surface area contributed by atoms with Gasteiger partial charge >= 0.3 is 17.9 Å². The first kappa shape index (κ1) is 69.1. The molecule has 0 aromatic carbocycles. The fourth-order valence-corrected chi connectivity index (χ4v) is 9.08. The summed E-state index contributed by atoms with van der Waals surface area (Å²) >= 11 is 0. The summed E-state index contributed by atoms with van der Waals surface area (Å²) in [7, 11) is 0. The zero-order valence-corrected chi connectivity index (χ0v) is 47.9. The highest BCUT2D eigenvalue weighted by Crippen LogP contribution is 2.17. The van der Waals surface area contributed by atoms with Crippen LogP contribution in [0.25, 0.3) is 0 Å². The first-order valence-corrected chi connectivity index (χ1v) is 31.3. The van der Waals surface area contributed by atoms with Gasteiger partial charge in [-0.3, -0.25) is 14.4 Å². The van der Waals surface area contributed by atoms with E-state index in [9.17, 15) is 14.4 Å². The number of allylic oxidation sites excluding steroid dienone is 10. The van der Waals surface area contributed by atoms with Crippen LogP contribution in [0.3, 0.4) is 0 Å². The highest BCUT2D eigenvalue weighted by Gasteiger charge is 2.19. The lowest BCUT2D eigenvalue weighted by molar-refractivity contribution is -0.167. The van der Waals surface area contributed by atoms with Crippen molar-refractivity contribution in [2.75, 3.05) is 13.2 Å². The molecule has 1 atom stereocenters. The van der Waals surface area contributed by atoms with Crippen molar-refractivity contribution < 1.29 is 28.6 Å². The summed E-state index contributed by atoms with van der Waals surface area (Å²) in [6.45, 7) is 6.49. The minimum Gasteiger partial charge on any atom is -0.462 e. The van der Waals surface area contributed by atoms with Crippen molar-refractivity contribution in [3.05, 3.63) is 60.8 Å². The molecule has 0 fully saturated rings. The molecule has 0 spiro atoms. The molecule has 0 heterocycles. The van der Waals surface area contributed by atoms with E-state index in [2.05, 4.69) is 81.5 Å². The van der Waals surface area contributed by atoms with E-state index in [0.717, 1.165) is 77.0 Å². The Morgan fingerprint density at radius 2 is 0.542 bits per heavy atom. The SMILES string of the molecule is CC/C=C\C/C=C\C/C=C\C/C=C\CCCCC(=O)OC(COC(=O)CCCCCCCCCC)COC(=O)CCCCCCCCCCCCCCCCCCCCC/C=C\CCCCCCCCCC. The van der Waals surface area contributed by atoms with Gasteiger partial charge in [0.15, 0.2) is 6.10 Å². The smallest absolute Gasteiger partial charge is 0.306 e. The zero-order valence-electron chi connectivity index (χ0n) is 47.9. The van der Waals surface area contributed by atoms with E-state index in [1.54, 1.807) is 0 Å². The topological polar surface area (TPSA) is 78.9 Å². The van der Waals surface area contributed by atoms with Crippen LogP contribution in [-0.4, -0.2) is 37.2 Å². The molecule has 418 valence electrons. The largest absolute Gasteiger partial charge is 0.462 e. The van der Waals surface area contributed by atoms with Crippen molar-refractivity contribution in [3.63, 3.8) is 0 Å². The summed E-state index contributed by atoms with van der Waals surface area (Å²) in [6.07, 6.45) is 77.0. The van der Waals surface area contributed by atoms with Gasteiger partial charge in [-0.1, -0.05) is 281 Å². The third-order valence-corrected chi connectivity index (χ3v) is 13.8. The van der Waals surface area contributed by atoms with Gasteiger partial charge in [-0.2, -0.15) is 0 Å². The molecule has 0 amide bonds. The lowest BCUT2D eigenvalue weighted by atomic mass is 10.0. The van der Waals surface area contributed by atoms with Gasteiger partial charge in [-0.25, -0.2) is 0 Å². The zero-order chi connectivity index (χ0) is 52.2. The maximum atomic E-state index is 12.8. The highest BCUT2D eigenvalue weighted by atomic mass is 16.6. The van der Waals surface area contributed by atoms with Crippen LogP contribution in [0.1, 0.15) is 323 Å². The molecule has 0 aromatic rings. The Balaban J connectivity index is 4.05. The predicted octanol–water partition coefficient (Wildman–Crippen LogP) is 21.2. The molecule has 0 rings (SSSR count). The Morgan fingerprint density at radius 3 is 0.889 bits per heavy atom. The average Bonchev–Trinajstić information content (AvgIpc) is 3.38. The predicted molar refractivity (Wildman–Crippen MR) is 312 cm³/mol. The van der Waals surface area contributed by atoms with Crippen molar-refractivity contribution in [1.82, 2.24) is 0 Å². The van der Waals surface area contributed by atoms with E-state index in [4.69, 9.17) is 14.2 Å². The summed E-state index contributed by atoms with van der Waals surface area (Å²) in [6, 6.07) is 0. The number of rotatable bonds is 57. The van der Waals surface area contributed by atoms with Crippen LogP contribution in [0.5, 0.6) is 0 Å². The summed E-state index contributed by atoms with van der Waals surface area (Å²) < 4.78 is 16.8. The standard InChI is InChI=1S/C66H118O6/c1-4-7-10-13-16-19-21-23-25-26-27-28-29-30-31-32-33-34-35-36-37-38-39-40-42-43-45-47-50-53-56-59-65(68)71-62-63(61-70-64(67)58-55-52-49-18-15-12-9-6-3)72-66(69)60-57-54-51-48-46-44-41-24-22-20-17-14-11-8-5-2/h8,11,17,20,24,26-27,41,46,48,63H,4-7,9-10,12-16,18-19,21-23,25,28-40,42-45,47,49-62H2,1-3H3/b11-8-,20-17-,27-26-,41-24-,48-46-. The van der Waals surface area contributed by atoms with Crippen molar-refractivity contribution in [2.45, 2.75) is 329 Å². The Kier molecular flexibility index (Phi) is 58.2. The second-order valence-electron chi connectivity index (χ2n) is 20.9. The van der Waals surface area contributed by atoms with E-state index >= 15 is 0 Å². The van der Waals surface area contributed by atoms with Gasteiger partial charge in [0.2, 0.25) is 0 Å². The Morgan fingerprint density at radius 1 is 0.292 bits per heavy atom. The molecule has 72 heavy (non-hydrogen) atoms. The summed E-state index contributed by atoms with van der Waals surface area (Å²) in [5.74, 6) is -0.922. The number of unbranched alkanes of at least 4 members (excludes halogenated alkanes) is 36. The monoisotopic (exact) mass is 1010 g/mol. The second-order valence-corrected chi connectivity index (χ2v) is 20.9. The molecule has 0 aliphatic rings. The molecule has 1 unspecified atom stereocenters. The molecule has 6 nitrogen and oxygen atoms in total. The number of ether oxygens (including phenoxy) is 3. The fourth-order valence-electron chi connectivity index (χ4n) is 9.08. The summed E-state index contributed by atoms with van der Waals surface area (Å²) in [5, 5.41) is 0. The van der Waals surface area contributed by atoms with Crippen LogP contribution in [0.15, 0.2) is 60.8 Å². The molecule has 0 saturated heterocycles. The Labute approximate surface area is 447 Å². The number of carbonyl (C=O) groups is 3. The maximum absolute atomic E-state index is 12.8. The molecule has 0 saturated carbocycles. The van der Waals surface area contributed by atoms with Gasteiger partial charge < -0.3 is 14.2 Å². The van der Waals surface area contributed by atoms with E-state index in [-0.39, 0.29) is 37.5 Å². The van der Waals surface area contributed by atoms with Crippen molar-refractivity contribution in [2.24, 2.45) is 0 Å². The van der Waals surface area contributed by atoms with Crippen LogP contribution in [0.4, 0.5) is 0 Å². The van der Waals surface area contributed by atoms with E-state index in [0.29, 0.717) is 19.3 Å². The maximum Gasteiger partial charge on any atom is 0.306 e. The number of carbonyl (C=O) groups excluding carboxylic acids is 3. The van der Waals surface area contributed by atoms with Gasteiger partial charge in [0, 0.05) is 19.3 Å². The molecule has 0 bridgehead atoms. The van der Waals surface area contributed by atoms with Gasteiger partial charge in [0.25, 0.3) is 0 Å². The van der Waals surface area contributed by atoms with Gasteiger partial charge in [0.1, 0.15) is 13.2 Å². The molecule has 0 radical (unpaired) electrons. The van der Waals surface area contributed by atoms with E-state index < -0.39 is 6.10 Å². The van der Waals surface area contributed by atoms with E-state index in [1.165, 1.54) is 199 Å². The normalized spacial score (nSPS) is 12.4. The Hall–Kier alpha value is -2.89. The van der Waals surface area contributed by atoms with Gasteiger partial charge in [-0.15, -0.1) is 0 Å². The minimum atomic E-state index is -0.792. The molecule has 0 aromatic heterocycles. The highest BCUT2D eigenvalue weighted by molar-refractivity contribution is 5.71. The fraction of sp³-hybridized carbons (Fsp3) is 0.803. The van der Waals surface area contributed by atoms with Gasteiger partial charge in [-0.05, 0) is 83.5 Å².